The van der Waals surface area contributed by atoms with Crippen LogP contribution in [0.15, 0.2) is 18.2 Å². The van der Waals surface area contributed by atoms with Crippen molar-refractivity contribution >= 4 is 0 Å². The molecule has 1 aliphatic rings. The fourth-order valence-corrected chi connectivity index (χ4v) is 2.07. The number of hydrogen-bond acceptors (Lipinski definition) is 2. The van der Waals surface area contributed by atoms with Crippen molar-refractivity contribution in [1.82, 2.24) is 5.32 Å². The molecule has 1 N–H and O–H groups in total. The molecule has 0 saturated heterocycles. The number of aryl methyl sites for hydroxylation is 1. The van der Waals surface area contributed by atoms with Gasteiger partial charge < -0.3 is 4.74 Å². The predicted octanol–water partition coefficient (Wildman–Crippen LogP) is 2.43. The van der Waals surface area contributed by atoms with Crippen LogP contribution in [-0.2, 0) is 0 Å². The average molecular weight is 215 g/mol. The zero-order valence-electron chi connectivity index (χ0n) is 9.62. The van der Waals surface area contributed by atoms with Crippen molar-refractivity contribution in [2.24, 2.45) is 0 Å². The number of terminal acetylenes is 1. The van der Waals surface area contributed by atoms with Crippen molar-refractivity contribution in [3.05, 3.63) is 29.3 Å². The fourth-order valence-electron chi connectivity index (χ4n) is 2.07. The number of fused-ring (bicyclic) bond motifs is 1. The summed E-state index contributed by atoms with van der Waals surface area (Å²) in [5.74, 6) is 3.63. The van der Waals surface area contributed by atoms with Crippen LogP contribution in [0, 0.1) is 19.3 Å². The summed E-state index contributed by atoms with van der Waals surface area (Å²) in [6.45, 7) is 3.49. The number of nitrogens with one attached hydrogen (secondary N) is 1. The second-order valence-electron chi connectivity index (χ2n) is 4.17. The Morgan fingerprint density at radius 3 is 3.25 bits per heavy atom. The van der Waals surface area contributed by atoms with Gasteiger partial charge in [-0.3, -0.25) is 5.32 Å². The van der Waals surface area contributed by atoms with Gasteiger partial charge >= 0.3 is 0 Å². The Balaban J connectivity index is 2.26. The summed E-state index contributed by atoms with van der Waals surface area (Å²) in [6.07, 6.45) is 7.43. The molecule has 1 heterocycles. The van der Waals surface area contributed by atoms with Gasteiger partial charge in [-0.25, -0.2) is 0 Å². The van der Waals surface area contributed by atoms with Crippen LogP contribution in [0.25, 0.3) is 0 Å². The Morgan fingerprint density at radius 1 is 1.56 bits per heavy atom. The molecule has 16 heavy (non-hydrogen) atoms. The first kappa shape index (κ1) is 11.0. The van der Waals surface area contributed by atoms with Crippen LogP contribution in [0.4, 0.5) is 0 Å². The Morgan fingerprint density at radius 2 is 2.44 bits per heavy atom. The average Bonchev–Trinajstić information content (AvgIpc) is 2.48. The molecule has 84 valence electrons. The molecule has 1 aromatic carbocycles. The van der Waals surface area contributed by atoms with Gasteiger partial charge in [0.1, 0.15) is 5.75 Å². The normalized spacial score (nSPS) is 19.1. The van der Waals surface area contributed by atoms with Crippen molar-refractivity contribution in [2.45, 2.75) is 25.8 Å². The van der Waals surface area contributed by atoms with Crippen molar-refractivity contribution in [2.75, 3.05) is 13.2 Å². The molecule has 0 spiro atoms. The van der Waals surface area contributed by atoms with E-state index in [-0.39, 0.29) is 0 Å². The van der Waals surface area contributed by atoms with Crippen molar-refractivity contribution in [3.8, 4) is 18.1 Å². The van der Waals surface area contributed by atoms with Crippen LogP contribution in [0.5, 0.6) is 5.75 Å². The van der Waals surface area contributed by atoms with Gasteiger partial charge in [-0.05, 0) is 31.4 Å². The first-order valence-electron chi connectivity index (χ1n) is 5.71. The number of benzene rings is 1. The van der Waals surface area contributed by atoms with Crippen LogP contribution in [0.2, 0.25) is 0 Å². The van der Waals surface area contributed by atoms with Crippen LogP contribution in [-0.4, -0.2) is 13.2 Å². The molecule has 0 radical (unpaired) electrons. The molecule has 2 nitrogen and oxygen atoms in total. The Labute approximate surface area is 97.0 Å². The quantitative estimate of drug-likeness (QED) is 0.765. The summed E-state index contributed by atoms with van der Waals surface area (Å²) in [4.78, 5) is 0. The molecule has 0 fully saturated rings. The van der Waals surface area contributed by atoms with Gasteiger partial charge in [0.2, 0.25) is 0 Å². The summed E-state index contributed by atoms with van der Waals surface area (Å²) >= 11 is 0. The highest BCUT2D eigenvalue weighted by molar-refractivity contribution is 5.40. The van der Waals surface area contributed by atoms with E-state index < -0.39 is 0 Å². The van der Waals surface area contributed by atoms with Crippen LogP contribution >= 0.6 is 0 Å². The summed E-state index contributed by atoms with van der Waals surface area (Å²) in [7, 11) is 0. The molecule has 0 bridgehead atoms. The molecule has 0 aliphatic carbocycles. The summed E-state index contributed by atoms with van der Waals surface area (Å²) < 4.78 is 5.75. The van der Waals surface area contributed by atoms with E-state index in [2.05, 4.69) is 36.4 Å². The van der Waals surface area contributed by atoms with Gasteiger partial charge in [0.15, 0.2) is 0 Å². The minimum absolute atomic E-state index is 0.328. The van der Waals surface area contributed by atoms with E-state index >= 15 is 0 Å². The number of ether oxygens (including phenoxy) is 1. The molecule has 2 rings (SSSR count). The number of hydrogen-bond donors (Lipinski definition) is 1. The second kappa shape index (κ2) is 5.05. The van der Waals surface area contributed by atoms with Gasteiger partial charge in [-0.2, -0.15) is 0 Å². The maximum Gasteiger partial charge on any atom is 0.124 e. The molecule has 1 aromatic rings. The first-order valence-corrected chi connectivity index (χ1v) is 5.71. The van der Waals surface area contributed by atoms with Gasteiger partial charge in [0, 0.05) is 11.6 Å². The Kier molecular flexibility index (Phi) is 3.48. The van der Waals surface area contributed by atoms with Crippen molar-refractivity contribution in [3.63, 3.8) is 0 Å². The zero-order valence-corrected chi connectivity index (χ0v) is 9.62. The Hall–Kier alpha value is -1.46. The van der Waals surface area contributed by atoms with E-state index in [1.165, 1.54) is 11.1 Å². The highest BCUT2D eigenvalue weighted by Crippen LogP contribution is 2.31. The smallest absolute Gasteiger partial charge is 0.124 e. The van der Waals surface area contributed by atoms with E-state index in [0.717, 1.165) is 25.2 Å². The highest BCUT2D eigenvalue weighted by Gasteiger charge is 2.18. The molecule has 0 amide bonds. The summed E-state index contributed by atoms with van der Waals surface area (Å²) in [5, 5.41) is 3.37. The SMILES string of the molecule is C#CCNC1CCCOc2cc(C)ccc21. The fraction of sp³-hybridized carbons (Fsp3) is 0.429. The van der Waals surface area contributed by atoms with Crippen molar-refractivity contribution in [1.29, 1.82) is 0 Å². The second-order valence-corrected chi connectivity index (χ2v) is 4.17. The summed E-state index contributed by atoms with van der Waals surface area (Å²) in [6, 6.07) is 6.70. The van der Waals surface area contributed by atoms with Crippen LogP contribution in [0.3, 0.4) is 0 Å². The van der Waals surface area contributed by atoms with Crippen LogP contribution < -0.4 is 10.1 Å². The van der Waals surface area contributed by atoms with E-state index in [0.29, 0.717) is 12.6 Å². The monoisotopic (exact) mass is 215 g/mol. The zero-order chi connectivity index (χ0) is 11.4. The molecular formula is C14H17NO. The third-order valence-electron chi connectivity index (χ3n) is 2.89. The van der Waals surface area contributed by atoms with Gasteiger partial charge in [0.25, 0.3) is 0 Å². The molecule has 0 saturated carbocycles. The lowest BCUT2D eigenvalue weighted by molar-refractivity contribution is 0.315. The lowest BCUT2D eigenvalue weighted by Crippen LogP contribution is -2.21. The van der Waals surface area contributed by atoms with E-state index in [1.807, 2.05) is 0 Å². The first-order chi connectivity index (χ1) is 7.81. The predicted molar refractivity (Wildman–Crippen MR) is 65.5 cm³/mol. The largest absolute Gasteiger partial charge is 0.493 e. The molecular weight excluding hydrogens is 198 g/mol. The molecule has 1 atom stereocenters. The van der Waals surface area contributed by atoms with Crippen molar-refractivity contribution < 1.29 is 4.74 Å². The van der Waals surface area contributed by atoms with Gasteiger partial charge in [-0.15, -0.1) is 6.42 Å². The topological polar surface area (TPSA) is 21.3 Å². The third kappa shape index (κ3) is 2.37. The van der Waals surface area contributed by atoms with Gasteiger partial charge in [0.05, 0.1) is 13.2 Å². The molecule has 0 aromatic heterocycles. The molecule has 1 unspecified atom stereocenters. The standard InChI is InChI=1S/C14H17NO/c1-3-8-15-13-5-4-9-16-14-10-11(2)6-7-12(13)14/h1,6-7,10,13,15H,4-5,8-9H2,2H3. The molecule has 2 heteroatoms. The maximum absolute atomic E-state index is 5.75. The molecule has 1 aliphatic heterocycles. The van der Waals surface area contributed by atoms with E-state index in [4.69, 9.17) is 11.2 Å². The highest BCUT2D eigenvalue weighted by atomic mass is 16.5. The van der Waals surface area contributed by atoms with Crippen LogP contribution in [0.1, 0.15) is 30.0 Å². The summed E-state index contributed by atoms with van der Waals surface area (Å²) in [5.41, 5.74) is 2.47. The maximum atomic E-state index is 5.75. The van der Waals surface area contributed by atoms with E-state index in [1.54, 1.807) is 0 Å². The Bertz CT molecular complexity index is 406. The minimum atomic E-state index is 0.328. The number of rotatable bonds is 2. The lowest BCUT2D eigenvalue weighted by atomic mass is 10.0. The van der Waals surface area contributed by atoms with Gasteiger partial charge in [-0.1, -0.05) is 18.1 Å². The lowest BCUT2D eigenvalue weighted by Gasteiger charge is -2.17. The van der Waals surface area contributed by atoms with E-state index in [9.17, 15) is 0 Å². The third-order valence-corrected chi connectivity index (χ3v) is 2.89. The minimum Gasteiger partial charge on any atom is -0.493 e.